The monoisotopic (exact) mass is 320 g/mol. The summed E-state index contributed by atoms with van der Waals surface area (Å²) in [5.41, 5.74) is 2.16. The number of piperazine rings is 1. The molecule has 2 aromatic rings. The number of halogens is 2. The van der Waals surface area contributed by atoms with Gasteiger partial charge in [-0.3, -0.25) is 5.32 Å². The lowest BCUT2D eigenvalue weighted by Crippen LogP contribution is -2.59. The zero-order valence-corrected chi connectivity index (χ0v) is 13.1. The summed E-state index contributed by atoms with van der Waals surface area (Å²) in [6.45, 7) is 0.700. The van der Waals surface area contributed by atoms with Crippen molar-refractivity contribution in [2.75, 3.05) is 6.54 Å². The lowest BCUT2D eigenvalue weighted by molar-refractivity contribution is 0.344. The van der Waals surface area contributed by atoms with E-state index in [0.29, 0.717) is 6.54 Å². The maximum atomic E-state index is 6.51. The second-order valence-corrected chi connectivity index (χ2v) is 6.27. The van der Waals surface area contributed by atoms with Gasteiger partial charge in [0.15, 0.2) is 0 Å². The summed E-state index contributed by atoms with van der Waals surface area (Å²) in [4.78, 5) is 0. The largest absolute Gasteiger partial charge is 0.308 e. The second kappa shape index (κ2) is 6.80. The first-order valence-corrected chi connectivity index (χ1v) is 8.00. The average molecular weight is 321 g/mol. The van der Waals surface area contributed by atoms with E-state index in [1.165, 1.54) is 11.1 Å². The van der Waals surface area contributed by atoms with Gasteiger partial charge in [-0.1, -0.05) is 60.7 Å². The molecule has 2 aromatic carbocycles. The molecule has 1 aliphatic rings. The smallest absolute Gasteiger partial charge is 0.100 e. The van der Waals surface area contributed by atoms with Crippen molar-refractivity contribution in [1.29, 1.82) is 0 Å². The summed E-state index contributed by atoms with van der Waals surface area (Å²) in [6.07, 6.45) is 0. The lowest BCUT2D eigenvalue weighted by atomic mass is 9.84. The van der Waals surface area contributed by atoms with E-state index in [1.54, 1.807) is 0 Å². The summed E-state index contributed by atoms with van der Waals surface area (Å²) in [5.74, 6) is 0.187. The molecule has 0 amide bonds. The Morgan fingerprint density at radius 3 is 1.86 bits per heavy atom. The molecule has 2 nitrogen and oxygen atoms in total. The molecule has 0 aliphatic carbocycles. The molecular formula is C17H18Cl2N2. The Kier molecular flexibility index (Phi) is 4.81. The van der Waals surface area contributed by atoms with Gasteiger partial charge in [0.25, 0.3) is 0 Å². The highest BCUT2D eigenvalue weighted by molar-refractivity contribution is 6.23. The highest BCUT2D eigenvalue weighted by Crippen LogP contribution is 2.31. The van der Waals surface area contributed by atoms with Crippen molar-refractivity contribution in [2.45, 2.75) is 23.0 Å². The van der Waals surface area contributed by atoms with Gasteiger partial charge in [-0.05, 0) is 11.1 Å². The molecule has 110 valence electrons. The van der Waals surface area contributed by atoms with Gasteiger partial charge in [0.2, 0.25) is 0 Å². The Bertz CT molecular complexity index is 522. The number of benzene rings is 2. The summed E-state index contributed by atoms with van der Waals surface area (Å²) in [7, 11) is 0. The Labute approximate surface area is 135 Å². The molecule has 21 heavy (non-hydrogen) atoms. The highest BCUT2D eigenvalue weighted by atomic mass is 35.5. The first-order valence-electron chi connectivity index (χ1n) is 7.13. The van der Waals surface area contributed by atoms with Crippen molar-refractivity contribution in [2.24, 2.45) is 0 Å². The minimum absolute atomic E-state index is 0.0893. The zero-order chi connectivity index (χ0) is 14.7. The van der Waals surface area contributed by atoms with E-state index < -0.39 is 0 Å². The van der Waals surface area contributed by atoms with Crippen LogP contribution in [0.2, 0.25) is 0 Å². The van der Waals surface area contributed by atoms with Crippen LogP contribution in [0.4, 0.5) is 0 Å². The SMILES string of the molecule is ClC1CNC(C(c2ccccc2)c2ccccc2)C(Cl)N1. The molecule has 3 unspecified atom stereocenters. The van der Waals surface area contributed by atoms with Gasteiger partial charge in [0.1, 0.15) is 5.50 Å². The van der Waals surface area contributed by atoms with E-state index in [2.05, 4.69) is 59.2 Å². The van der Waals surface area contributed by atoms with E-state index in [9.17, 15) is 0 Å². The van der Waals surface area contributed by atoms with Crippen LogP contribution in [0.3, 0.4) is 0 Å². The highest BCUT2D eigenvalue weighted by Gasteiger charge is 2.34. The van der Waals surface area contributed by atoms with Gasteiger partial charge in [-0.25, -0.2) is 0 Å². The van der Waals surface area contributed by atoms with Gasteiger partial charge in [0.05, 0.1) is 5.50 Å². The van der Waals surface area contributed by atoms with E-state index >= 15 is 0 Å². The van der Waals surface area contributed by atoms with Crippen molar-refractivity contribution in [3.63, 3.8) is 0 Å². The average Bonchev–Trinajstić information content (AvgIpc) is 2.52. The van der Waals surface area contributed by atoms with Gasteiger partial charge >= 0.3 is 0 Å². The molecule has 0 bridgehead atoms. The molecule has 1 aliphatic heterocycles. The topological polar surface area (TPSA) is 24.1 Å². The van der Waals surface area contributed by atoms with Crippen LogP contribution in [0.1, 0.15) is 17.0 Å². The van der Waals surface area contributed by atoms with Crippen LogP contribution in [0.15, 0.2) is 60.7 Å². The quantitative estimate of drug-likeness (QED) is 0.668. The molecule has 0 aromatic heterocycles. The molecule has 3 rings (SSSR count). The van der Waals surface area contributed by atoms with Crippen LogP contribution in [0, 0.1) is 0 Å². The van der Waals surface area contributed by atoms with E-state index in [4.69, 9.17) is 23.2 Å². The standard InChI is InChI=1S/C17H18Cl2N2/c18-14-11-20-16(17(19)21-14)15(12-7-3-1-4-8-12)13-9-5-2-6-10-13/h1-10,14-17,20-21H,11H2. The number of hydrogen-bond acceptors (Lipinski definition) is 2. The van der Waals surface area contributed by atoms with E-state index in [-0.39, 0.29) is 23.0 Å². The Balaban J connectivity index is 1.97. The third-order valence-electron chi connectivity index (χ3n) is 3.86. The summed E-state index contributed by atoms with van der Waals surface area (Å²) in [6, 6.07) is 21.0. The van der Waals surface area contributed by atoms with Crippen molar-refractivity contribution >= 4 is 23.2 Å². The fraction of sp³-hybridized carbons (Fsp3) is 0.294. The molecular weight excluding hydrogens is 303 g/mol. The first kappa shape index (κ1) is 14.9. The van der Waals surface area contributed by atoms with Gasteiger partial charge < -0.3 is 5.32 Å². The van der Waals surface area contributed by atoms with Crippen LogP contribution in [-0.2, 0) is 0 Å². The predicted molar refractivity (Wildman–Crippen MR) is 88.9 cm³/mol. The van der Waals surface area contributed by atoms with Gasteiger partial charge in [-0.15, -0.1) is 23.2 Å². The number of hydrogen-bond donors (Lipinski definition) is 2. The molecule has 2 N–H and O–H groups in total. The van der Waals surface area contributed by atoms with Crippen LogP contribution >= 0.6 is 23.2 Å². The van der Waals surface area contributed by atoms with Crippen molar-refractivity contribution in [1.82, 2.24) is 10.6 Å². The van der Waals surface area contributed by atoms with Gasteiger partial charge in [-0.2, -0.15) is 0 Å². The molecule has 0 radical (unpaired) electrons. The molecule has 0 spiro atoms. The van der Waals surface area contributed by atoms with Gasteiger partial charge in [0, 0.05) is 18.5 Å². The number of nitrogens with one attached hydrogen (secondary N) is 2. The van der Waals surface area contributed by atoms with Crippen molar-refractivity contribution in [3.05, 3.63) is 71.8 Å². The molecule has 4 heteroatoms. The summed E-state index contributed by atoms with van der Waals surface area (Å²) >= 11 is 12.6. The first-order chi connectivity index (χ1) is 10.3. The molecule has 3 atom stereocenters. The van der Waals surface area contributed by atoms with E-state index in [1.807, 2.05) is 12.1 Å². The summed E-state index contributed by atoms with van der Waals surface area (Å²) < 4.78 is 0. The molecule has 1 fully saturated rings. The summed E-state index contributed by atoms with van der Waals surface area (Å²) in [5, 5.41) is 6.71. The minimum atomic E-state index is -0.216. The number of alkyl halides is 2. The second-order valence-electron chi connectivity index (χ2n) is 5.27. The van der Waals surface area contributed by atoms with Crippen LogP contribution in [0.5, 0.6) is 0 Å². The fourth-order valence-electron chi connectivity index (χ4n) is 2.89. The van der Waals surface area contributed by atoms with E-state index in [0.717, 1.165) is 0 Å². The molecule has 0 saturated carbocycles. The lowest BCUT2D eigenvalue weighted by Gasteiger charge is -2.38. The van der Waals surface area contributed by atoms with Crippen LogP contribution in [-0.4, -0.2) is 23.6 Å². The Morgan fingerprint density at radius 2 is 1.38 bits per heavy atom. The zero-order valence-electron chi connectivity index (χ0n) is 11.5. The molecule has 1 saturated heterocycles. The van der Waals surface area contributed by atoms with Crippen LogP contribution < -0.4 is 10.6 Å². The minimum Gasteiger partial charge on any atom is -0.308 e. The number of rotatable bonds is 3. The Morgan fingerprint density at radius 1 is 0.857 bits per heavy atom. The maximum Gasteiger partial charge on any atom is 0.100 e. The van der Waals surface area contributed by atoms with Crippen LogP contribution in [0.25, 0.3) is 0 Å². The third kappa shape index (κ3) is 3.41. The van der Waals surface area contributed by atoms with Crippen molar-refractivity contribution < 1.29 is 0 Å². The Hall–Kier alpha value is -1.06. The fourth-order valence-corrected chi connectivity index (χ4v) is 3.57. The predicted octanol–water partition coefficient (Wildman–Crippen LogP) is 3.51. The molecule has 1 heterocycles. The normalized spacial score (nSPS) is 26.0. The third-order valence-corrected chi connectivity index (χ3v) is 4.54. The van der Waals surface area contributed by atoms with Crippen molar-refractivity contribution in [3.8, 4) is 0 Å². The maximum absolute atomic E-state index is 6.51.